The van der Waals surface area contributed by atoms with Gasteiger partial charge in [0.25, 0.3) is 5.91 Å². The number of amides is 1. The van der Waals surface area contributed by atoms with Gasteiger partial charge in [0, 0.05) is 17.3 Å². The molecule has 0 saturated carbocycles. The lowest BCUT2D eigenvalue weighted by Crippen LogP contribution is -2.27. The van der Waals surface area contributed by atoms with Crippen molar-refractivity contribution in [3.05, 3.63) is 53.6 Å². The molecule has 0 aliphatic carbocycles. The van der Waals surface area contributed by atoms with Crippen molar-refractivity contribution in [1.82, 2.24) is 5.43 Å². The van der Waals surface area contributed by atoms with Gasteiger partial charge in [-0.2, -0.15) is 18.3 Å². The van der Waals surface area contributed by atoms with Gasteiger partial charge in [0.15, 0.2) is 0 Å². The van der Waals surface area contributed by atoms with Crippen molar-refractivity contribution < 1.29 is 27.4 Å². The molecule has 2 rings (SSSR count). The Morgan fingerprint density at radius 1 is 1.11 bits per heavy atom. The number of carbonyl (C=O) groups excluding carboxylic acids is 1. The van der Waals surface area contributed by atoms with Crippen molar-refractivity contribution in [3.63, 3.8) is 0 Å². The quantitative estimate of drug-likeness (QED) is 0.554. The molecule has 2 N–H and O–H groups in total. The van der Waals surface area contributed by atoms with Gasteiger partial charge >= 0.3 is 6.18 Å². The predicted octanol–water partition coefficient (Wildman–Crippen LogP) is 3.67. The van der Waals surface area contributed by atoms with Gasteiger partial charge in [-0.15, -0.1) is 0 Å². The van der Waals surface area contributed by atoms with E-state index in [0.29, 0.717) is 22.8 Å². The lowest BCUT2D eigenvalue weighted by molar-refractivity contribution is -0.137. The van der Waals surface area contributed by atoms with Crippen LogP contribution < -0.4 is 20.2 Å². The highest BCUT2D eigenvalue weighted by Gasteiger charge is 2.30. The molecule has 28 heavy (non-hydrogen) atoms. The molecule has 0 fully saturated rings. The zero-order chi connectivity index (χ0) is 20.7. The summed E-state index contributed by atoms with van der Waals surface area (Å²) < 4.78 is 48.5. The molecule has 0 bridgehead atoms. The molecule has 9 heteroatoms. The second kappa shape index (κ2) is 9.12. The zero-order valence-corrected chi connectivity index (χ0v) is 15.6. The van der Waals surface area contributed by atoms with Crippen molar-refractivity contribution in [1.29, 1.82) is 0 Å². The van der Waals surface area contributed by atoms with E-state index >= 15 is 0 Å². The average molecular weight is 395 g/mol. The number of halogens is 3. The molecule has 1 amide bonds. The number of nitrogens with zero attached hydrogens (tertiary/aromatic N) is 1. The standard InChI is InChI=1S/C19H20F3N3O3/c1-12(16-8-7-15(27-2)10-17(16)28-3)24-25-18(26)11-23-14-6-4-5-13(9-14)19(20,21)22/h4-10,23H,11H2,1-3H3,(H,25,26). The van der Waals surface area contributed by atoms with E-state index in [4.69, 9.17) is 9.47 Å². The number of hydrazone groups is 1. The maximum atomic E-state index is 12.7. The molecule has 0 heterocycles. The summed E-state index contributed by atoms with van der Waals surface area (Å²) in [4.78, 5) is 11.9. The molecule has 0 atom stereocenters. The van der Waals surface area contributed by atoms with Crippen LogP contribution in [0.3, 0.4) is 0 Å². The lowest BCUT2D eigenvalue weighted by Gasteiger charge is -2.11. The minimum Gasteiger partial charge on any atom is -0.497 e. The van der Waals surface area contributed by atoms with E-state index in [1.165, 1.54) is 26.4 Å². The summed E-state index contributed by atoms with van der Waals surface area (Å²) in [6.07, 6.45) is -4.45. The van der Waals surface area contributed by atoms with Crippen molar-refractivity contribution in [2.75, 3.05) is 26.1 Å². The number of nitrogens with one attached hydrogen (secondary N) is 2. The number of hydrogen-bond donors (Lipinski definition) is 2. The minimum atomic E-state index is -4.45. The Kier molecular flexibility index (Phi) is 6.86. The fourth-order valence-electron chi connectivity index (χ4n) is 2.33. The third-order valence-corrected chi connectivity index (χ3v) is 3.79. The molecule has 2 aromatic carbocycles. The first-order chi connectivity index (χ1) is 13.2. The zero-order valence-electron chi connectivity index (χ0n) is 15.6. The van der Waals surface area contributed by atoms with Crippen LogP contribution in [0.5, 0.6) is 11.5 Å². The van der Waals surface area contributed by atoms with Crippen molar-refractivity contribution in [2.45, 2.75) is 13.1 Å². The summed E-state index contributed by atoms with van der Waals surface area (Å²) in [5.41, 5.74) is 2.90. The Labute approximate surface area is 160 Å². The summed E-state index contributed by atoms with van der Waals surface area (Å²) in [6, 6.07) is 9.76. The average Bonchev–Trinajstić information content (AvgIpc) is 2.69. The van der Waals surface area contributed by atoms with Gasteiger partial charge in [-0.1, -0.05) is 6.07 Å². The summed E-state index contributed by atoms with van der Waals surface area (Å²) in [5, 5.41) is 6.64. The molecule has 0 aromatic heterocycles. The van der Waals surface area contributed by atoms with Gasteiger partial charge in [0.1, 0.15) is 11.5 Å². The Balaban J connectivity index is 1.98. The number of methoxy groups -OCH3 is 2. The maximum absolute atomic E-state index is 12.7. The Hall–Kier alpha value is -3.23. The number of hydrogen-bond acceptors (Lipinski definition) is 5. The topological polar surface area (TPSA) is 72.0 Å². The highest BCUT2D eigenvalue weighted by atomic mass is 19.4. The molecule has 6 nitrogen and oxygen atoms in total. The number of ether oxygens (including phenoxy) is 2. The molecule has 0 unspecified atom stereocenters. The van der Waals surface area contributed by atoms with Crippen molar-refractivity contribution in [3.8, 4) is 11.5 Å². The molecule has 2 aromatic rings. The van der Waals surface area contributed by atoms with Crippen LogP contribution >= 0.6 is 0 Å². The molecular weight excluding hydrogens is 375 g/mol. The van der Waals surface area contributed by atoms with E-state index in [-0.39, 0.29) is 12.2 Å². The Bertz CT molecular complexity index is 867. The molecule has 150 valence electrons. The normalized spacial score (nSPS) is 11.7. The van der Waals surface area contributed by atoms with Gasteiger partial charge in [0.2, 0.25) is 0 Å². The van der Waals surface area contributed by atoms with E-state index in [0.717, 1.165) is 12.1 Å². The number of anilines is 1. The van der Waals surface area contributed by atoms with Gasteiger partial charge in [-0.25, -0.2) is 5.43 Å². The van der Waals surface area contributed by atoms with Crippen LogP contribution in [0.2, 0.25) is 0 Å². The molecule has 0 saturated heterocycles. The van der Waals surface area contributed by atoms with Crippen LogP contribution in [-0.2, 0) is 11.0 Å². The van der Waals surface area contributed by atoms with Gasteiger partial charge in [-0.05, 0) is 37.3 Å². The monoisotopic (exact) mass is 395 g/mol. The fraction of sp³-hybridized carbons (Fsp3) is 0.263. The minimum absolute atomic E-state index is 0.183. The molecule has 0 aliphatic rings. The molecular formula is C19H20F3N3O3. The van der Waals surface area contributed by atoms with Crippen LogP contribution in [0, 0.1) is 0 Å². The first-order valence-corrected chi connectivity index (χ1v) is 8.21. The van der Waals surface area contributed by atoms with E-state index in [2.05, 4.69) is 15.8 Å². The maximum Gasteiger partial charge on any atom is 0.416 e. The summed E-state index contributed by atoms with van der Waals surface area (Å²) >= 11 is 0. The van der Waals surface area contributed by atoms with Crippen molar-refractivity contribution >= 4 is 17.3 Å². The second-order valence-electron chi connectivity index (χ2n) is 5.73. The predicted molar refractivity (Wildman–Crippen MR) is 99.8 cm³/mol. The largest absolute Gasteiger partial charge is 0.497 e. The first-order valence-electron chi connectivity index (χ1n) is 8.21. The number of benzene rings is 2. The molecule has 0 aliphatic heterocycles. The van der Waals surface area contributed by atoms with E-state index < -0.39 is 17.6 Å². The number of carbonyl (C=O) groups is 1. The Morgan fingerprint density at radius 2 is 1.86 bits per heavy atom. The highest BCUT2D eigenvalue weighted by molar-refractivity contribution is 6.01. The van der Waals surface area contributed by atoms with Gasteiger partial charge < -0.3 is 14.8 Å². The molecule has 0 radical (unpaired) electrons. The van der Waals surface area contributed by atoms with Crippen LogP contribution in [0.25, 0.3) is 0 Å². The molecule has 0 spiro atoms. The number of alkyl halides is 3. The first kappa shape index (κ1) is 21.1. The van der Waals surface area contributed by atoms with Crippen molar-refractivity contribution in [2.24, 2.45) is 5.10 Å². The second-order valence-corrected chi connectivity index (χ2v) is 5.73. The smallest absolute Gasteiger partial charge is 0.416 e. The van der Waals surface area contributed by atoms with Crippen LogP contribution in [0.4, 0.5) is 18.9 Å². The van der Waals surface area contributed by atoms with Crippen LogP contribution in [-0.4, -0.2) is 32.4 Å². The van der Waals surface area contributed by atoms with Gasteiger partial charge in [-0.3, -0.25) is 4.79 Å². The lowest BCUT2D eigenvalue weighted by atomic mass is 10.1. The van der Waals surface area contributed by atoms with Crippen LogP contribution in [0.15, 0.2) is 47.6 Å². The third-order valence-electron chi connectivity index (χ3n) is 3.79. The third kappa shape index (κ3) is 5.63. The summed E-state index contributed by atoms with van der Waals surface area (Å²) in [5.74, 6) is 0.629. The van der Waals surface area contributed by atoms with Crippen LogP contribution in [0.1, 0.15) is 18.1 Å². The van der Waals surface area contributed by atoms with E-state index in [1.54, 1.807) is 25.1 Å². The van der Waals surface area contributed by atoms with E-state index in [1.807, 2.05) is 0 Å². The summed E-state index contributed by atoms with van der Waals surface area (Å²) in [6.45, 7) is 1.45. The highest BCUT2D eigenvalue weighted by Crippen LogP contribution is 2.30. The Morgan fingerprint density at radius 3 is 2.50 bits per heavy atom. The van der Waals surface area contributed by atoms with Gasteiger partial charge in [0.05, 0.1) is 32.0 Å². The number of rotatable bonds is 7. The fourth-order valence-corrected chi connectivity index (χ4v) is 2.33. The SMILES string of the molecule is COc1ccc(C(C)=NNC(=O)CNc2cccc(C(F)(F)F)c2)c(OC)c1. The summed E-state index contributed by atoms with van der Waals surface area (Å²) in [7, 11) is 3.04. The van der Waals surface area contributed by atoms with E-state index in [9.17, 15) is 18.0 Å².